The number of aliphatic carboxylic acids is 1. The molecule has 0 aliphatic carbocycles. The van der Waals surface area contributed by atoms with Gasteiger partial charge < -0.3 is 25.2 Å². The molecule has 34 heavy (non-hydrogen) atoms. The Labute approximate surface area is 205 Å². The fourth-order valence-electron chi connectivity index (χ4n) is 4.37. The highest BCUT2D eigenvalue weighted by molar-refractivity contribution is 5.66. The summed E-state index contributed by atoms with van der Waals surface area (Å²) >= 11 is 0. The zero-order chi connectivity index (χ0) is 24.9. The standard InChI is InChI=1S/C26H50O8/c27-20-23(26-25(31)22(28)21-32-26)34-33-19-17-15-13-11-9-7-5-3-1-2-4-6-8-10-12-14-16-18-24(29)30/h22-23,25-28,31H,1-21H2,(H,29,30)/t22-,23+,25+,26+/m0/s1. The molecule has 0 amide bonds. The third-order valence-corrected chi connectivity index (χ3v) is 6.55. The van der Waals surface area contributed by atoms with Crippen molar-refractivity contribution < 1.29 is 39.7 Å². The Morgan fingerprint density at radius 2 is 1.21 bits per heavy atom. The van der Waals surface area contributed by atoms with Gasteiger partial charge in [-0.1, -0.05) is 96.3 Å². The van der Waals surface area contributed by atoms with Crippen LogP contribution in [0.1, 0.15) is 116 Å². The third-order valence-electron chi connectivity index (χ3n) is 6.55. The van der Waals surface area contributed by atoms with E-state index in [1.54, 1.807) is 0 Å². The molecule has 0 aromatic rings. The van der Waals surface area contributed by atoms with Crippen LogP contribution in [0.25, 0.3) is 0 Å². The molecule has 1 rings (SSSR count). The Morgan fingerprint density at radius 1 is 0.765 bits per heavy atom. The molecule has 4 N–H and O–H groups in total. The number of ether oxygens (including phenoxy) is 1. The van der Waals surface area contributed by atoms with Crippen LogP contribution in [0, 0.1) is 0 Å². The van der Waals surface area contributed by atoms with Crippen molar-refractivity contribution in [3.63, 3.8) is 0 Å². The fourth-order valence-corrected chi connectivity index (χ4v) is 4.37. The lowest BCUT2D eigenvalue weighted by Gasteiger charge is -2.22. The zero-order valence-corrected chi connectivity index (χ0v) is 21.1. The predicted molar refractivity (Wildman–Crippen MR) is 130 cm³/mol. The molecule has 1 heterocycles. The number of hydrogen-bond donors (Lipinski definition) is 4. The Morgan fingerprint density at radius 3 is 1.59 bits per heavy atom. The summed E-state index contributed by atoms with van der Waals surface area (Å²) in [4.78, 5) is 20.8. The van der Waals surface area contributed by atoms with Crippen LogP contribution in [0.2, 0.25) is 0 Å². The van der Waals surface area contributed by atoms with Crippen molar-refractivity contribution in [1.82, 2.24) is 0 Å². The lowest BCUT2D eigenvalue weighted by Crippen LogP contribution is -2.42. The van der Waals surface area contributed by atoms with Crippen molar-refractivity contribution in [3.8, 4) is 0 Å². The van der Waals surface area contributed by atoms with E-state index in [-0.39, 0.29) is 13.2 Å². The molecule has 0 bridgehead atoms. The van der Waals surface area contributed by atoms with Crippen molar-refractivity contribution >= 4 is 5.97 Å². The highest BCUT2D eigenvalue weighted by atomic mass is 17.2. The maximum Gasteiger partial charge on any atom is 0.303 e. The minimum Gasteiger partial charge on any atom is -0.481 e. The monoisotopic (exact) mass is 490 g/mol. The average Bonchev–Trinajstić information content (AvgIpc) is 3.15. The van der Waals surface area contributed by atoms with Crippen molar-refractivity contribution in [3.05, 3.63) is 0 Å². The lowest BCUT2D eigenvalue weighted by molar-refractivity contribution is -0.346. The largest absolute Gasteiger partial charge is 0.481 e. The van der Waals surface area contributed by atoms with Crippen LogP contribution in [0.4, 0.5) is 0 Å². The van der Waals surface area contributed by atoms with Crippen LogP contribution >= 0.6 is 0 Å². The summed E-state index contributed by atoms with van der Waals surface area (Å²) in [7, 11) is 0. The summed E-state index contributed by atoms with van der Waals surface area (Å²) in [5.74, 6) is -0.678. The van der Waals surface area contributed by atoms with E-state index in [0.29, 0.717) is 13.0 Å². The van der Waals surface area contributed by atoms with Gasteiger partial charge in [0.15, 0.2) is 0 Å². The number of carboxylic acids is 1. The molecule has 1 fully saturated rings. The Bertz CT molecular complexity index is 476. The second-order valence-electron chi connectivity index (χ2n) is 9.65. The third kappa shape index (κ3) is 16.0. The normalized spacial score (nSPS) is 21.2. The van der Waals surface area contributed by atoms with E-state index >= 15 is 0 Å². The molecule has 8 heteroatoms. The van der Waals surface area contributed by atoms with E-state index in [1.807, 2.05) is 0 Å². The van der Waals surface area contributed by atoms with Gasteiger partial charge in [0.1, 0.15) is 24.4 Å². The van der Waals surface area contributed by atoms with Gasteiger partial charge in [0, 0.05) is 6.42 Å². The topological polar surface area (TPSA) is 126 Å². The van der Waals surface area contributed by atoms with E-state index in [2.05, 4.69) is 0 Å². The fraction of sp³-hybridized carbons (Fsp3) is 0.962. The molecule has 1 aliphatic heterocycles. The van der Waals surface area contributed by atoms with Gasteiger partial charge in [-0.25, -0.2) is 9.78 Å². The molecule has 4 atom stereocenters. The first-order chi connectivity index (χ1) is 16.6. The van der Waals surface area contributed by atoms with Gasteiger partial charge in [0.2, 0.25) is 0 Å². The quantitative estimate of drug-likeness (QED) is 0.0884. The Balaban J connectivity index is 1.75. The number of aliphatic hydroxyl groups excluding tert-OH is 3. The van der Waals surface area contributed by atoms with Crippen molar-refractivity contribution in [1.29, 1.82) is 0 Å². The van der Waals surface area contributed by atoms with Crippen molar-refractivity contribution in [2.24, 2.45) is 0 Å². The highest BCUT2D eigenvalue weighted by Gasteiger charge is 2.40. The van der Waals surface area contributed by atoms with Gasteiger partial charge in [-0.3, -0.25) is 4.79 Å². The molecule has 8 nitrogen and oxygen atoms in total. The zero-order valence-electron chi connectivity index (χ0n) is 21.1. The summed E-state index contributed by atoms with van der Waals surface area (Å²) in [6.07, 6.45) is 17.3. The molecule has 0 aromatic heterocycles. The molecule has 0 aromatic carbocycles. The molecule has 1 saturated heterocycles. The van der Waals surface area contributed by atoms with Crippen molar-refractivity contribution in [2.45, 2.75) is 140 Å². The summed E-state index contributed by atoms with van der Waals surface area (Å²) in [5, 5.41) is 37.3. The minimum absolute atomic E-state index is 0.0334. The van der Waals surface area contributed by atoms with Crippen LogP contribution in [0.5, 0.6) is 0 Å². The number of carbonyl (C=O) groups is 1. The van der Waals surface area contributed by atoms with Gasteiger partial charge in [0.05, 0.1) is 19.8 Å². The maximum absolute atomic E-state index is 10.4. The maximum atomic E-state index is 10.4. The van der Waals surface area contributed by atoms with E-state index < -0.39 is 30.4 Å². The SMILES string of the molecule is O=C(O)CCCCCCCCCCCCCCCCCCCOO[C@H](CO)[C@H]1OC[C@H](O)[C@H]1O. The summed E-state index contributed by atoms with van der Waals surface area (Å²) in [6, 6.07) is 0. The molecule has 1 aliphatic rings. The van der Waals surface area contributed by atoms with Gasteiger partial charge in [-0.15, -0.1) is 0 Å². The summed E-state index contributed by atoms with van der Waals surface area (Å²) in [5.41, 5.74) is 0. The summed E-state index contributed by atoms with van der Waals surface area (Å²) < 4.78 is 5.25. The van der Waals surface area contributed by atoms with Gasteiger partial charge in [-0.2, -0.15) is 0 Å². The number of hydrogen-bond acceptors (Lipinski definition) is 7. The molecule has 0 radical (unpaired) electrons. The van der Waals surface area contributed by atoms with Gasteiger partial charge in [0.25, 0.3) is 0 Å². The molecular formula is C26H50O8. The molecular weight excluding hydrogens is 440 g/mol. The highest BCUT2D eigenvalue weighted by Crippen LogP contribution is 2.20. The van der Waals surface area contributed by atoms with E-state index in [4.69, 9.17) is 19.6 Å². The smallest absolute Gasteiger partial charge is 0.303 e. The van der Waals surface area contributed by atoms with Gasteiger partial charge >= 0.3 is 5.97 Å². The first kappa shape index (κ1) is 31.3. The van der Waals surface area contributed by atoms with Crippen LogP contribution in [0.15, 0.2) is 0 Å². The summed E-state index contributed by atoms with van der Waals surface area (Å²) in [6.45, 7) is 0.129. The Kier molecular flexibility index (Phi) is 19.8. The van der Waals surface area contributed by atoms with Crippen LogP contribution in [-0.2, 0) is 19.3 Å². The number of rotatable bonds is 24. The number of unbranched alkanes of at least 4 members (excludes halogenated alkanes) is 16. The second kappa shape index (κ2) is 21.5. The van der Waals surface area contributed by atoms with Crippen LogP contribution in [0.3, 0.4) is 0 Å². The minimum atomic E-state index is -1.07. The molecule has 202 valence electrons. The Hall–Kier alpha value is -0.770. The van der Waals surface area contributed by atoms with E-state index in [1.165, 1.54) is 83.5 Å². The van der Waals surface area contributed by atoms with Crippen molar-refractivity contribution in [2.75, 3.05) is 19.8 Å². The first-order valence-corrected chi connectivity index (χ1v) is 13.6. The second-order valence-corrected chi connectivity index (χ2v) is 9.65. The molecule has 0 spiro atoms. The lowest BCUT2D eigenvalue weighted by atomic mass is 10.0. The van der Waals surface area contributed by atoms with E-state index in [0.717, 1.165) is 25.7 Å². The number of aliphatic hydroxyl groups is 3. The van der Waals surface area contributed by atoms with Crippen LogP contribution < -0.4 is 0 Å². The predicted octanol–water partition coefficient (Wildman–Crippen LogP) is 4.52. The number of carboxylic acid groups (broad SMARTS) is 1. The molecule has 0 saturated carbocycles. The molecule has 0 unspecified atom stereocenters. The first-order valence-electron chi connectivity index (χ1n) is 13.6. The van der Waals surface area contributed by atoms with Gasteiger partial charge in [-0.05, 0) is 12.8 Å². The van der Waals surface area contributed by atoms with Crippen LogP contribution in [-0.4, -0.2) is 70.6 Å². The van der Waals surface area contributed by atoms with E-state index in [9.17, 15) is 20.1 Å². The average molecular weight is 491 g/mol.